The average Bonchev–Trinajstić information content (AvgIpc) is 2.69. The topological polar surface area (TPSA) is 54.7 Å². The van der Waals surface area contributed by atoms with Gasteiger partial charge in [-0.2, -0.15) is 18.3 Å². The first-order valence-corrected chi connectivity index (χ1v) is 6.40. The molecule has 0 saturated carbocycles. The van der Waals surface area contributed by atoms with Crippen molar-refractivity contribution in [3.05, 3.63) is 35.1 Å². The van der Waals surface area contributed by atoms with Gasteiger partial charge in [-0.15, -0.1) is 0 Å². The van der Waals surface area contributed by atoms with Crippen LogP contribution in [0.5, 0.6) is 0 Å². The quantitative estimate of drug-likeness (QED) is 0.841. The maximum absolute atomic E-state index is 14.2. The van der Waals surface area contributed by atoms with Crippen LogP contribution in [0.2, 0.25) is 0 Å². The number of aromatic amines is 1. The molecule has 0 amide bonds. The Morgan fingerprint density at radius 3 is 2.52 bits per heavy atom. The van der Waals surface area contributed by atoms with Crippen molar-refractivity contribution in [2.24, 2.45) is 5.92 Å². The molecule has 0 bridgehead atoms. The highest BCUT2D eigenvalue weighted by Gasteiger charge is 2.35. The molecule has 7 heteroatoms. The van der Waals surface area contributed by atoms with Gasteiger partial charge in [0.2, 0.25) is 0 Å². The van der Waals surface area contributed by atoms with E-state index in [4.69, 9.17) is 5.73 Å². The Balaban J connectivity index is 2.58. The van der Waals surface area contributed by atoms with E-state index in [1.54, 1.807) is 0 Å². The number of anilines is 1. The number of rotatable bonds is 3. The molecule has 114 valence electrons. The van der Waals surface area contributed by atoms with Crippen LogP contribution in [0, 0.1) is 11.7 Å². The molecule has 0 aliphatic heterocycles. The number of nitrogens with zero attached hydrogens (tertiary/aromatic N) is 1. The Labute approximate surface area is 119 Å². The third-order valence-corrected chi connectivity index (χ3v) is 3.08. The summed E-state index contributed by atoms with van der Waals surface area (Å²) in [6.07, 6.45) is -4.25. The van der Waals surface area contributed by atoms with E-state index < -0.39 is 17.6 Å². The first-order valence-electron chi connectivity index (χ1n) is 6.40. The van der Waals surface area contributed by atoms with E-state index in [0.717, 1.165) is 6.07 Å². The Morgan fingerprint density at radius 2 is 1.95 bits per heavy atom. The van der Waals surface area contributed by atoms with Gasteiger partial charge >= 0.3 is 6.18 Å². The van der Waals surface area contributed by atoms with Crippen molar-refractivity contribution in [3.63, 3.8) is 0 Å². The number of hydrogen-bond donors (Lipinski definition) is 2. The molecule has 1 heterocycles. The highest BCUT2D eigenvalue weighted by molar-refractivity contribution is 5.69. The first-order chi connectivity index (χ1) is 9.71. The van der Waals surface area contributed by atoms with Gasteiger partial charge in [0.1, 0.15) is 11.6 Å². The molecule has 3 N–H and O–H groups in total. The van der Waals surface area contributed by atoms with E-state index in [2.05, 4.69) is 10.2 Å². The molecule has 1 aromatic heterocycles. The van der Waals surface area contributed by atoms with Gasteiger partial charge in [-0.05, 0) is 24.5 Å². The summed E-state index contributed by atoms with van der Waals surface area (Å²) in [4.78, 5) is 0. The van der Waals surface area contributed by atoms with Crippen molar-refractivity contribution >= 4 is 5.82 Å². The molecular formula is C14H15F4N3. The molecular weight excluding hydrogens is 286 g/mol. The second-order valence-corrected chi connectivity index (χ2v) is 5.23. The standard InChI is InChI=1S/C14H15F4N3/c1-7(2)6-9-12(20-21-13(9)19)8-4-3-5-10(11(8)15)14(16,17)18/h3-5,7H,6H2,1-2H3,(H3,19,20,21). The smallest absolute Gasteiger partial charge is 0.382 e. The maximum atomic E-state index is 14.2. The zero-order chi connectivity index (χ0) is 15.8. The van der Waals surface area contributed by atoms with Gasteiger partial charge in [0.15, 0.2) is 0 Å². The number of H-pyrrole nitrogens is 1. The van der Waals surface area contributed by atoms with Gasteiger partial charge < -0.3 is 5.73 Å². The highest BCUT2D eigenvalue weighted by Crippen LogP contribution is 2.37. The lowest BCUT2D eigenvalue weighted by Gasteiger charge is -2.12. The molecule has 0 radical (unpaired) electrons. The van der Waals surface area contributed by atoms with Crippen LogP contribution in [0.25, 0.3) is 11.3 Å². The summed E-state index contributed by atoms with van der Waals surface area (Å²) < 4.78 is 52.5. The molecule has 3 nitrogen and oxygen atoms in total. The predicted molar refractivity (Wildman–Crippen MR) is 71.9 cm³/mol. The van der Waals surface area contributed by atoms with E-state index in [1.165, 1.54) is 6.07 Å². The number of halogens is 4. The maximum Gasteiger partial charge on any atom is 0.419 e. The summed E-state index contributed by atoms with van der Waals surface area (Å²) >= 11 is 0. The van der Waals surface area contributed by atoms with Gasteiger partial charge in [-0.3, -0.25) is 5.10 Å². The van der Waals surface area contributed by atoms with E-state index >= 15 is 0 Å². The fraction of sp³-hybridized carbons (Fsp3) is 0.357. The molecule has 0 fully saturated rings. The fourth-order valence-corrected chi connectivity index (χ4v) is 2.16. The first kappa shape index (κ1) is 15.3. The zero-order valence-corrected chi connectivity index (χ0v) is 11.6. The summed E-state index contributed by atoms with van der Waals surface area (Å²) in [5, 5.41) is 6.32. The van der Waals surface area contributed by atoms with Crippen LogP contribution in [-0.2, 0) is 12.6 Å². The van der Waals surface area contributed by atoms with Crippen LogP contribution in [0.4, 0.5) is 23.4 Å². The minimum Gasteiger partial charge on any atom is -0.382 e. The Hall–Kier alpha value is -2.05. The summed E-state index contributed by atoms with van der Waals surface area (Å²) in [7, 11) is 0. The van der Waals surface area contributed by atoms with Crippen molar-refractivity contribution in [2.45, 2.75) is 26.4 Å². The molecule has 2 aromatic rings. The van der Waals surface area contributed by atoms with Crippen LogP contribution < -0.4 is 5.73 Å². The normalized spacial score (nSPS) is 12.1. The van der Waals surface area contributed by atoms with Gasteiger partial charge in [0.05, 0.1) is 11.3 Å². The molecule has 2 rings (SSSR count). The lowest BCUT2D eigenvalue weighted by atomic mass is 9.97. The minimum absolute atomic E-state index is 0.176. The summed E-state index contributed by atoms with van der Waals surface area (Å²) in [6.45, 7) is 3.86. The molecule has 0 atom stereocenters. The lowest BCUT2D eigenvalue weighted by molar-refractivity contribution is -0.139. The van der Waals surface area contributed by atoms with Crippen molar-refractivity contribution in [2.75, 3.05) is 5.73 Å². The number of alkyl halides is 3. The SMILES string of the molecule is CC(C)Cc1c(N)n[nH]c1-c1cccc(C(F)(F)F)c1F. The van der Waals surface area contributed by atoms with Gasteiger partial charge in [0, 0.05) is 11.1 Å². The number of nitrogens with one attached hydrogen (secondary N) is 1. The van der Waals surface area contributed by atoms with Gasteiger partial charge in [0.25, 0.3) is 0 Å². The third-order valence-electron chi connectivity index (χ3n) is 3.08. The monoisotopic (exact) mass is 301 g/mol. The highest BCUT2D eigenvalue weighted by atomic mass is 19.4. The molecule has 0 spiro atoms. The van der Waals surface area contributed by atoms with Crippen molar-refractivity contribution < 1.29 is 17.6 Å². The van der Waals surface area contributed by atoms with E-state index in [0.29, 0.717) is 18.1 Å². The van der Waals surface area contributed by atoms with Crippen molar-refractivity contribution in [3.8, 4) is 11.3 Å². The number of hydrogen-bond acceptors (Lipinski definition) is 2. The number of nitrogens with two attached hydrogens (primary N) is 1. The Bertz CT molecular complexity index is 644. The molecule has 21 heavy (non-hydrogen) atoms. The van der Waals surface area contributed by atoms with E-state index in [9.17, 15) is 17.6 Å². The van der Waals surface area contributed by atoms with Crippen molar-refractivity contribution in [1.82, 2.24) is 10.2 Å². The predicted octanol–water partition coefficient (Wildman–Crippen LogP) is 4.02. The number of nitrogen functional groups attached to an aromatic ring is 1. The second kappa shape index (κ2) is 5.38. The second-order valence-electron chi connectivity index (χ2n) is 5.23. The van der Waals surface area contributed by atoms with Crippen LogP contribution in [0.1, 0.15) is 25.0 Å². The Morgan fingerprint density at radius 1 is 1.29 bits per heavy atom. The van der Waals surface area contributed by atoms with E-state index in [1.807, 2.05) is 13.8 Å². The fourth-order valence-electron chi connectivity index (χ4n) is 2.16. The van der Waals surface area contributed by atoms with Gasteiger partial charge in [-0.25, -0.2) is 4.39 Å². The number of aromatic nitrogens is 2. The molecule has 0 unspecified atom stereocenters. The van der Waals surface area contributed by atoms with Crippen molar-refractivity contribution in [1.29, 1.82) is 0 Å². The average molecular weight is 301 g/mol. The lowest BCUT2D eigenvalue weighted by Crippen LogP contribution is -2.09. The molecule has 0 saturated heterocycles. The molecule has 1 aromatic carbocycles. The van der Waals surface area contributed by atoms with Crippen LogP contribution in [0.15, 0.2) is 18.2 Å². The molecule has 0 aliphatic carbocycles. The third kappa shape index (κ3) is 3.01. The van der Waals surface area contributed by atoms with Crippen LogP contribution in [0.3, 0.4) is 0 Å². The molecule has 0 aliphatic rings. The summed E-state index contributed by atoms with van der Waals surface area (Å²) in [5.41, 5.74) is 4.97. The largest absolute Gasteiger partial charge is 0.419 e. The summed E-state index contributed by atoms with van der Waals surface area (Å²) in [6, 6.07) is 3.15. The zero-order valence-electron chi connectivity index (χ0n) is 11.6. The Kier molecular flexibility index (Phi) is 3.93. The van der Waals surface area contributed by atoms with Crippen LogP contribution in [-0.4, -0.2) is 10.2 Å². The van der Waals surface area contributed by atoms with Crippen LogP contribution >= 0.6 is 0 Å². The summed E-state index contributed by atoms with van der Waals surface area (Å²) in [5.74, 6) is -0.938. The van der Waals surface area contributed by atoms with Gasteiger partial charge in [-0.1, -0.05) is 19.9 Å². The number of benzene rings is 1. The van der Waals surface area contributed by atoms with E-state index in [-0.39, 0.29) is 23.0 Å². The minimum atomic E-state index is -4.75.